The molecule has 2 aliphatic heterocycles. The SMILES string of the molecule is O=c1[nH]cc(-c2c3nc(c(-c4ccccc4)c4ccc([nH]4)c(-c4ccccc4)c4nc(c(-c5ccccc5)c5ccc2[nH]5)C=C4)C=C3)c(=O)[nH]1. The maximum absolute atomic E-state index is 13.4. The van der Waals surface area contributed by atoms with Crippen molar-refractivity contribution in [2.75, 3.05) is 0 Å². The van der Waals surface area contributed by atoms with Crippen molar-refractivity contribution in [2.45, 2.75) is 0 Å². The molecule has 7 aromatic rings. The summed E-state index contributed by atoms with van der Waals surface area (Å²) in [6, 6.07) is 38.6. The quantitative estimate of drug-likeness (QED) is 0.152. The first-order valence-electron chi connectivity index (χ1n) is 16.3. The van der Waals surface area contributed by atoms with E-state index in [-0.39, 0.29) is 5.56 Å². The molecule has 0 saturated heterocycles. The Bertz CT molecular complexity index is 2750. The molecule has 9 rings (SSSR count). The molecule has 3 aromatic carbocycles. The first kappa shape index (κ1) is 29.1. The lowest BCUT2D eigenvalue weighted by Crippen LogP contribution is -2.22. The van der Waals surface area contributed by atoms with E-state index in [9.17, 15) is 9.59 Å². The van der Waals surface area contributed by atoms with Gasteiger partial charge in [-0.05, 0) is 65.3 Å². The van der Waals surface area contributed by atoms with Crippen molar-refractivity contribution >= 4 is 46.4 Å². The molecule has 0 aliphatic carbocycles. The summed E-state index contributed by atoms with van der Waals surface area (Å²) >= 11 is 0. The van der Waals surface area contributed by atoms with Crippen LogP contribution in [0.2, 0.25) is 0 Å². The Kier molecular flexibility index (Phi) is 6.91. The smallest absolute Gasteiger partial charge is 0.325 e. The molecule has 8 heteroatoms. The zero-order chi connectivity index (χ0) is 33.6. The van der Waals surface area contributed by atoms with Crippen LogP contribution >= 0.6 is 0 Å². The summed E-state index contributed by atoms with van der Waals surface area (Å²) in [6.07, 6.45) is 9.43. The molecule has 238 valence electrons. The van der Waals surface area contributed by atoms with Gasteiger partial charge in [0.25, 0.3) is 5.56 Å². The van der Waals surface area contributed by atoms with Crippen molar-refractivity contribution in [3.8, 4) is 44.5 Å². The van der Waals surface area contributed by atoms with Crippen LogP contribution in [0, 0.1) is 0 Å². The highest BCUT2D eigenvalue weighted by atomic mass is 16.2. The van der Waals surface area contributed by atoms with Gasteiger partial charge in [0.05, 0.1) is 28.3 Å². The number of hydrogen-bond donors (Lipinski definition) is 4. The third-order valence-corrected chi connectivity index (χ3v) is 9.03. The standard InChI is InChI=1S/C42H28N6O2/c49-41-28(24-43-42(50)48-41)40-35-22-20-33(46-35)38(26-12-6-2-7-13-26)31-18-16-29(44-31)37(25-10-4-1-5-11-25)30-17-19-32(45-30)39(27-14-8-3-9-15-27)34-21-23-36(40)47-34/h1-24,44,47H,(H2,43,48,49,50). The summed E-state index contributed by atoms with van der Waals surface area (Å²) in [5.41, 5.74) is 11.7. The van der Waals surface area contributed by atoms with Crippen molar-refractivity contribution in [3.05, 3.63) is 165 Å². The van der Waals surface area contributed by atoms with E-state index >= 15 is 0 Å². The summed E-state index contributed by atoms with van der Waals surface area (Å²) in [4.78, 5) is 48.2. The molecule has 0 saturated carbocycles. The molecule has 8 bridgehead atoms. The second-order valence-corrected chi connectivity index (χ2v) is 12.1. The van der Waals surface area contributed by atoms with Crippen molar-refractivity contribution < 1.29 is 0 Å². The molecule has 0 spiro atoms. The molecule has 0 fully saturated rings. The monoisotopic (exact) mass is 648 g/mol. The normalized spacial score (nSPS) is 12.0. The summed E-state index contributed by atoms with van der Waals surface area (Å²) in [7, 11) is 0. The highest BCUT2D eigenvalue weighted by Crippen LogP contribution is 2.37. The first-order valence-corrected chi connectivity index (χ1v) is 16.3. The van der Waals surface area contributed by atoms with Crippen molar-refractivity contribution in [1.29, 1.82) is 0 Å². The molecule has 2 aliphatic rings. The molecule has 0 unspecified atom stereocenters. The van der Waals surface area contributed by atoms with Crippen LogP contribution < -0.4 is 11.2 Å². The number of nitrogens with one attached hydrogen (secondary N) is 4. The Morgan fingerprint density at radius 1 is 0.400 bits per heavy atom. The summed E-state index contributed by atoms with van der Waals surface area (Å²) < 4.78 is 0. The van der Waals surface area contributed by atoms with Gasteiger partial charge in [-0.15, -0.1) is 0 Å². The predicted molar refractivity (Wildman–Crippen MR) is 202 cm³/mol. The summed E-state index contributed by atoms with van der Waals surface area (Å²) in [6.45, 7) is 0. The number of hydrogen-bond acceptors (Lipinski definition) is 4. The third kappa shape index (κ3) is 5.03. The van der Waals surface area contributed by atoms with Gasteiger partial charge in [-0.2, -0.15) is 0 Å². The third-order valence-electron chi connectivity index (χ3n) is 9.03. The minimum atomic E-state index is -0.581. The van der Waals surface area contributed by atoms with Gasteiger partial charge in [0, 0.05) is 50.5 Å². The van der Waals surface area contributed by atoms with E-state index in [0.29, 0.717) is 16.8 Å². The lowest BCUT2D eigenvalue weighted by atomic mass is 10.0. The molecule has 0 radical (unpaired) electrons. The average Bonchev–Trinajstić information content (AvgIpc) is 3.98. The van der Waals surface area contributed by atoms with E-state index in [1.165, 1.54) is 6.20 Å². The van der Waals surface area contributed by atoms with E-state index < -0.39 is 11.2 Å². The van der Waals surface area contributed by atoms with Gasteiger partial charge < -0.3 is 15.0 Å². The number of fused-ring (bicyclic) bond motifs is 8. The molecular formula is C42H28N6O2. The van der Waals surface area contributed by atoms with Crippen molar-refractivity contribution in [1.82, 2.24) is 29.9 Å². The minimum Gasteiger partial charge on any atom is -0.354 e. The molecule has 0 atom stereocenters. The fraction of sp³-hybridized carbons (Fsp3) is 0. The fourth-order valence-electron chi connectivity index (χ4n) is 6.81. The second kappa shape index (κ2) is 11.9. The lowest BCUT2D eigenvalue weighted by Gasteiger charge is -2.06. The van der Waals surface area contributed by atoms with E-state index in [1.807, 2.05) is 85.0 Å². The molecule has 6 heterocycles. The largest absolute Gasteiger partial charge is 0.354 e. The van der Waals surface area contributed by atoms with E-state index in [0.717, 1.165) is 67.0 Å². The second-order valence-electron chi connectivity index (χ2n) is 12.1. The van der Waals surface area contributed by atoms with E-state index in [1.54, 1.807) is 0 Å². The highest BCUT2D eigenvalue weighted by molar-refractivity contribution is 5.99. The van der Waals surface area contributed by atoms with Crippen LogP contribution in [0.5, 0.6) is 0 Å². The molecule has 0 amide bonds. The Morgan fingerprint density at radius 2 is 0.760 bits per heavy atom. The number of rotatable bonds is 4. The Balaban J connectivity index is 1.50. The Labute approximate surface area is 285 Å². The van der Waals surface area contributed by atoms with Gasteiger partial charge in [0.2, 0.25) is 0 Å². The Hall–Kier alpha value is -7.06. The number of aromatic amines is 4. The predicted octanol–water partition coefficient (Wildman–Crippen LogP) is 8.70. The van der Waals surface area contributed by atoms with Gasteiger partial charge in [-0.25, -0.2) is 14.8 Å². The van der Waals surface area contributed by atoms with Crippen LogP contribution in [-0.2, 0) is 0 Å². The number of H-pyrrole nitrogens is 4. The zero-order valence-electron chi connectivity index (χ0n) is 26.6. The van der Waals surface area contributed by atoms with Crippen LogP contribution in [0.25, 0.3) is 90.9 Å². The van der Waals surface area contributed by atoms with Crippen molar-refractivity contribution in [3.63, 3.8) is 0 Å². The molecule has 8 nitrogen and oxygen atoms in total. The Morgan fingerprint density at radius 3 is 1.14 bits per heavy atom. The van der Waals surface area contributed by atoms with Gasteiger partial charge in [0.1, 0.15) is 0 Å². The van der Waals surface area contributed by atoms with E-state index in [2.05, 4.69) is 74.5 Å². The number of aromatic nitrogens is 6. The summed E-state index contributed by atoms with van der Waals surface area (Å²) in [5, 5.41) is 0. The lowest BCUT2D eigenvalue weighted by molar-refractivity contribution is 1.04. The highest BCUT2D eigenvalue weighted by Gasteiger charge is 2.19. The van der Waals surface area contributed by atoms with Crippen LogP contribution in [0.15, 0.2) is 131 Å². The van der Waals surface area contributed by atoms with Crippen LogP contribution in [0.1, 0.15) is 22.8 Å². The van der Waals surface area contributed by atoms with Crippen LogP contribution in [-0.4, -0.2) is 29.9 Å². The maximum Gasteiger partial charge on any atom is 0.325 e. The van der Waals surface area contributed by atoms with Crippen molar-refractivity contribution in [2.24, 2.45) is 0 Å². The molecular weight excluding hydrogens is 621 g/mol. The van der Waals surface area contributed by atoms with Gasteiger partial charge in [0.15, 0.2) is 0 Å². The van der Waals surface area contributed by atoms with Crippen LogP contribution in [0.4, 0.5) is 0 Å². The molecule has 4 N–H and O–H groups in total. The first-order chi connectivity index (χ1) is 24.6. The topological polar surface area (TPSA) is 123 Å². The van der Waals surface area contributed by atoms with Gasteiger partial charge >= 0.3 is 5.69 Å². The van der Waals surface area contributed by atoms with Gasteiger partial charge in [-0.3, -0.25) is 9.78 Å². The fourth-order valence-corrected chi connectivity index (χ4v) is 6.81. The maximum atomic E-state index is 13.4. The zero-order valence-corrected chi connectivity index (χ0v) is 26.6. The van der Waals surface area contributed by atoms with Gasteiger partial charge in [-0.1, -0.05) is 91.0 Å². The number of benzene rings is 3. The minimum absolute atomic E-state index is 0.282. The van der Waals surface area contributed by atoms with Crippen LogP contribution in [0.3, 0.4) is 0 Å². The average molecular weight is 649 g/mol. The van der Waals surface area contributed by atoms with E-state index in [4.69, 9.17) is 9.97 Å². The molecule has 4 aromatic heterocycles. The molecule has 50 heavy (non-hydrogen) atoms. The number of nitrogens with zero attached hydrogens (tertiary/aromatic N) is 2. The summed E-state index contributed by atoms with van der Waals surface area (Å²) in [5.74, 6) is 0.